The molecule has 0 aromatic heterocycles. The predicted octanol–water partition coefficient (Wildman–Crippen LogP) is 2.54. The van der Waals surface area contributed by atoms with E-state index in [1.165, 1.54) is 0 Å². The molecule has 0 aliphatic heterocycles. The highest BCUT2D eigenvalue weighted by Gasteiger charge is 2.39. The van der Waals surface area contributed by atoms with Crippen LogP contribution in [0.2, 0.25) is 0 Å². The van der Waals surface area contributed by atoms with E-state index in [1.54, 1.807) is 12.1 Å². The number of carboxylic acids is 1. The minimum Gasteiger partial charge on any atom is -0.482 e. The number of hydrogen-bond acceptors (Lipinski definition) is 3. The number of aliphatic carboxylic acids is 1. The second-order valence-corrected chi connectivity index (χ2v) is 6.37. The molecular formula is C18H21NO4. The Morgan fingerprint density at radius 1 is 1.26 bits per heavy atom. The first-order valence-corrected chi connectivity index (χ1v) is 7.96. The molecule has 1 aromatic carbocycles. The van der Waals surface area contributed by atoms with E-state index in [9.17, 15) is 9.59 Å². The Balaban J connectivity index is 1.55. The number of benzene rings is 1. The molecule has 0 spiro atoms. The molecular weight excluding hydrogens is 294 g/mol. The monoisotopic (exact) mass is 315 g/mol. The van der Waals surface area contributed by atoms with Gasteiger partial charge >= 0.3 is 5.97 Å². The van der Waals surface area contributed by atoms with Gasteiger partial charge in [-0.05, 0) is 49.3 Å². The summed E-state index contributed by atoms with van der Waals surface area (Å²) in [6.07, 6.45) is 6.48. The van der Waals surface area contributed by atoms with Gasteiger partial charge in [0.15, 0.2) is 6.61 Å². The summed E-state index contributed by atoms with van der Waals surface area (Å²) >= 11 is 0. The van der Waals surface area contributed by atoms with Gasteiger partial charge in [0.05, 0.1) is 6.04 Å². The van der Waals surface area contributed by atoms with Gasteiger partial charge in [-0.15, -0.1) is 0 Å². The normalized spacial score (nSPS) is 26.0. The Morgan fingerprint density at radius 2 is 2.00 bits per heavy atom. The van der Waals surface area contributed by atoms with E-state index in [0.717, 1.165) is 18.4 Å². The van der Waals surface area contributed by atoms with Crippen LogP contribution in [0.15, 0.2) is 36.4 Å². The van der Waals surface area contributed by atoms with Crippen LogP contribution in [0.4, 0.5) is 0 Å². The lowest BCUT2D eigenvalue weighted by atomic mass is 9.92. The van der Waals surface area contributed by atoms with Crippen LogP contribution < -0.4 is 10.1 Å². The minimum absolute atomic E-state index is 0.0841. The van der Waals surface area contributed by atoms with E-state index in [-0.39, 0.29) is 24.5 Å². The van der Waals surface area contributed by atoms with Crippen LogP contribution in [-0.2, 0) is 9.59 Å². The maximum absolute atomic E-state index is 12.4. The van der Waals surface area contributed by atoms with Crippen molar-refractivity contribution in [1.29, 1.82) is 0 Å². The largest absolute Gasteiger partial charge is 0.482 e. The number of nitrogens with one attached hydrogen (secondary N) is 1. The summed E-state index contributed by atoms with van der Waals surface area (Å²) in [5, 5.41) is 11.7. The lowest BCUT2D eigenvalue weighted by Crippen LogP contribution is -2.34. The first-order chi connectivity index (χ1) is 11.0. The zero-order valence-electron chi connectivity index (χ0n) is 13.1. The van der Waals surface area contributed by atoms with Gasteiger partial charge in [0, 0.05) is 5.92 Å². The Labute approximate surface area is 135 Å². The molecule has 1 fully saturated rings. The van der Waals surface area contributed by atoms with Crippen molar-refractivity contribution in [3.8, 4) is 5.75 Å². The number of rotatable bonds is 6. The molecule has 1 aromatic rings. The SMILES string of the molecule is CC(NC(=O)C1CC2C=CC1C2)c1ccc(OCC(=O)O)cc1. The Kier molecular flexibility index (Phi) is 4.37. The van der Waals surface area contributed by atoms with Crippen molar-refractivity contribution in [2.75, 3.05) is 6.61 Å². The zero-order valence-corrected chi connectivity index (χ0v) is 13.1. The second-order valence-electron chi connectivity index (χ2n) is 6.37. The number of amides is 1. The van der Waals surface area contributed by atoms with E-state index in [0.29, 0.717) is 17.6 Å². The summed E-state index contributed by atoms with van der Waals surface area (Å²) in [7, 11) is 0. The molecule has 2 aliphatic carbocycles. The molecule has 4 unspecified atom stereocenters. The summed E-state index contributed by atoms with van der Waals surface area (Å²) < 4.78 is 5.10. The lowest BCUT2D eigenvalue weighted by molar-refractivity contribution is -0.139. The molecule has 0 radical (unpaired) electrons. The number of allylic oxidation sites excluding steroid dienone is 2. The van der Waals surface area contributed by atoms with E-state index in [1.807, 2.05) is 19.1 Å². The van der Waals surface area contributed by atoms with Crippen LogP contribution in [0.1, 0.15) is 31.4 Å². The molecule has 1 amide bonds. The third-order valence-electron chi connectivity index (χ3n) is 4.72. The van der Waals surface area contributed by atoms with Crippen LogP contribution in [0.25, 0.3) is 0 Å². The first-order valence-electron chi connectivity index (χ1n) is 7.96. The molecule has 1 saturated carbocycles. The van der Waals surface area contributed by atoms with Crippen molar-refractivity contribution in [1.82, 2.24) is 5.32 Å². The summed E-state index contributed by atoms with van der Waals surface area (Å²) in [5.41, 5.74) is 0.972. The average molecular weight is 315 g/mol. The first kappa shape index (κ1) is 15.6. The van der Waals surface area contributed by atoms with Gasteiger partial charge in [-0.3, -0.25) is 4.79 Å². The molecule has 23 heavy (non-hydrogen) atoms. The maximum atomic E-state index is 12.4. The number of carbonyl (C=O) groups is 2. The Hall–Kier alpha value is -2.30. The smallest absolute Gasteiger partial charge is 0.341 e. The Morgan fingerprint density at radius 3 is 2.57 bits per heavy atom. The van der Waals surface area contributed by atoms with Gasteiger partial charge in [0.1, 0.15) is 5.75 Å². The third-order valence-corrected chi connectivity index (χ3v) is 4.72. The van der Waals surface area contributed by atoms with E-state index < -0.39 is 5.97 Å². The van der Waals surface area contributed by atoms with E-state index in [2.05, 4.69) is 17.5 Å². The van der Waals surface area contributed by atoms with Gasteiger partial charge in [0.25, 0.3) is 0 Å². The maximum Gasteiger partial charge on any atom is 0.341 e. The van der Waals surface area contributed by atoms with Gasteiger partial charge < -0.3 is 15.2 Å². The van der Waals surface area contributed by atoms with Crippen molar-refractivity contribution < 1.29 is 19.4 Å². The van der Waals surface area contributed by atoms with Crippen LogP contribution >= 0.6 is 0 Å². The van der Waals surface area contributed by atoms with Crippen molar-refractivity contribution in [3.63, 3.8) is 0 Å². The minimum atomic E-state index is -1.00. The van der Waals surface area contributed by atoms with Crippen LogP contribution in [0.3, 0.4) is 0 Å². The molecule has 0 saturated heterocycles. The topological polar surface area (TPSA) is 75.6 Å². The van der Waals surface area contributed by atoms with Crippen molar-refractivity contribution in [3.05, 3.63) is 42.0 Å². The summed E-state index contributed by atoms with van der Waals surface area (Å²) in [6, 6.07) is 7.06. The van der Waals surface area contributed by atoms with Crippen molar-refractivity contribution >= 4 is 11.9 Å². The molecule has 4 atom stereocenters. The van der Waals surface area contributed by atoms with Gasteiger partial charge in [-0.1, -0.05) is 24.3 Å². The third kappa shape index (κ3) is 3.55. The number of carbonyl (C=O) groups excluding carboxylic acids is 1. The fourth-order valence-electron chi connectivity index (χ4n) is 3.48. The summed E-state index contributed by atoms with van der Waals surface area (Å²) in [4.78, 5) is 22.9. The Bertz CT molecular complexity index is 622. The van der Waals surface area contributed by atoms with E-state index in [4.69, 9.17) is 9.84 Å². The van der Waals surface area contributed by atoms with Gasteiger partial charge in [-0.25, -0.2) is 4.79 Å². The van der Waals surface area contributed by atoms with Crippen LogP contribution in [0, 0.1) is 17.8 Å². The fraction of sp³-hybridized carbons (Fsp3) is 0.444. The van der Waals surface area contributed by atoms with Crippen molar-refractivity contribution in [2.24, 2.45) is 17.8 Å². The highest BCUT2D eigenvalue weighted by molar-refractivity contribution is 5.80. The molecule has 2 bridgehead atoms. The molecule has 3 rings (SSSR count). The van der Waals surface area contributed by atoms with Crippen molar-refractivity contribution in [2.45, 2.75) is 25.8 Å². The quantitative estimate of drug-likeness (QED) is 0.791. The molecule has 5 heteroatoms. The predicted molar refractivity (Wildman–Crippen MR) is 85.0 cm³/mol. The van der Waals surface area contributed by atoms with E-state index >= 15 is 0 Å². The molecule has 122 valence electrons. The lowest BCUT2D eigenvalue weighted by Gasteiger charge is -2.21. The number of hydrogen-bond donors (Lipinski definition) is 2. The molecule has 2 N–H and O–H groups in total. The fourth-order valence-corrected chi connectivity index (χ4v) is 3.48. The molecule has 2 aliphatic rings. The van der Waals surface area contributed by atoms with Crippen LogP contribution in [0.5, 0.6) is 5.75 Å². The summed E-state index contributed by atoms with van der Waals surface area (Å²) in [6.45, 7) is 1.59. The average Bonchev–Trinajstić information content (AvgIpc) is 3.16. The summed E-state index contributed by atoms with van der Waals surface area (Å²) in [5.74, 6) is 0.712. The van der Waals surface area contributed by atoms with Gasteiger partial charge in [-0.2, -0.15) is 0 Å². The second kappa shape index (κ2) is 6.44. The van der Waals surface area contributed by atoms with Crippen LogP contribution in [-0.4, -0.2) is 23.6 Å². The number of ether oxygens (including phenoxy) is 1. The highest BCUT2D eigenvalue weighted by Crippen LogP contribution is 2.43. The highest BCUT2D eigenvalue weighted by atomic mass is 16.5. The standard InChI is InChI=1S/C18H21NO4/c1-11(13-4-6-15(7-5-13)23-10-17(20)21)19-18(22)16-9-12-2-3-14(16)8-12/h2-7,11-12,14,16H,8-10H2,1H3,(H,19,22)(H,20,21). The molecule has 5 nitrogen and oxygen atoms in total. The van der Waals surface area contributed by atoms with Gasteiger partial charge in [0.2, 0.25) is 5.91 Å². The zero-order chi connectivity index (χ0) is 16.4. The number of carboxylic acid groups (broad SMARTS) is 1. The number of fused-ring (bicyclic) bond motifs is 2. The molecule has 0 heterocycles.